The summed E-state index contributed by atoms with van der Waals surface area (Å²) in [5, 5.41) is 21.6. The lowest BCUT2D eigenvalue weighted by atomic mass is 10.0. The molecule has 106 valence electrons. The van der Waals surface area contributed by atoms with E-state index in [0.717, 1.165) is 9.99 Å². The number of benzene rings is 1. The van der Waals surface area contributed by atoms with Crippen molar-refractivity contribution in [3.05, 3.63) is 24.8 Å². The van der Waals surface area contributed by atoms with Crippen molar-refractivity contribution >= 4 is 51.1 Å². The van der Waals surface area contributed by atoms with Gasteiger partial charge in [-0.3, -0.25) is 4.79 Å². The summed E-state index contributed by atoms with van der Waals surface area (Å²) in [5.41, 5.74) is 0.301. The van der Waals surface area contributed by atoms with Crippen LogP contribution in [-0.2, 0) is 0 Å². The van der Waals surface area contributed by atoms with Gasteiger partial charge in [-0.1, -0.05) is 13.3 Å². The van der Waals surface area contributed by atoms with E-state index in [1.807, 2.05) is 35.6 Å². The number of hydrogen-bond acceptors (Lipinski definition) is 3. The van der Waals surface area contributed by atoms with Crippen molar-refractivity contribution in [3.8, 4) is 5.75 Å². The fourth-order valence-corrected chi connectivity index (χ4v) is 3.55. The molecule has 0 saturated carbocycles. The summed E-state index contributed by atoms with van der Waals surface area (Å²) in [6.07, 6.45) is 1.57. The molecule has 0 heterocycles. The summed E-state index contributed by atoms with van der Waals surface area (Å²) in [5.74, 6) is 0.0111. The molecule has 1 rings (SSSR count). The zero-order chi connectivity index (χ0) is 14.4. The third-order valence-electron chi connectivity index (χ3n) is 2.94. The first-order valence-corrected chi connectivity index (χ1v) is 8.22. The molecule has 1 amide bonds. The number of carbonyl (C=O) groups is 1. The molecule has 0 aromatic heterocycles. The second kappa shape index (κ2) is 8.25. The second-order valence-electron chi connectivity index (χ2n) is 4.28. The average Bonchev–Trinajstić information content (AvgIpc) is 2.38. The first-order chi connectivity index (χ1) is 8.99. The maximum absolute atomic E-state index is 12.1. The maximum atomic E-state index is 12.1. The molecule has 3 N–H and O–H groups in total. The van der Waals surface area contributed by atoms with Gasteiger partial charge in [0.15, 0.2) is 0 Å². The summed E-state index contributed by atoms with van der Waals surface area (Å²) in [6.45, 7) is 2.66. The van der Waals surface area contributed by atoms with E-state index >= 15 is 0 Å². The molecule has 6 heteroatoms. The number of nitrogens with one attached hydrogen (secondary N) is 1. The van der Waals surface area contributed by atoms with Crippen LogP contribution in [0.25, 0.3) is 0 Å². The lowest BCUT2D eigenvalue weighted by Gasteiger charge is -2.15. The first kappa shape index (κ1) is 17.0. The largest absolute Gasteiger partial charge is 0.506 e. The van der Waals surface area contributed by atoms with Crippen molar-refractivity contribution in [1.82, 2.24) is 5.32 Å². The third-order valence-corrected chi connectivity index (χ3v) is 4.38. The molecule has 19 heavy (non-hydrogen) atoms. The highest BCUT2D eigenvalue weighted by molar-refractivity contribution is 14.1. The molecule has 1 unspecified atom stereocenters. The number of phenolic OH excluding ortho intramolecular Hbond substituents is 1. The van der Waals surface area contributed by atoms with Gasteiger partial charge >= 0.3 is 0 Å². The molecular formula is C13H17I2NO3. The van der Waals surface area contributed by atoms with Crippen molar-refractivity contribution in [1.29, 1.82) is 0 Å². The minimum absolute atomic E-state index is 0.0220. The molecule has 0 saturated heterocycles. The zero-order valence-corrected chi connectivity index (χ0v) is 14.9. The Morgan fingerprint density at radius 1 is 1.42 bits per heavy atom. The van der Waals surface area contributed by atoms with E-state index in [1.54, 1.807) is 6.07 Å². The summed E-state index contributed by atoms with van der Waals surface area (Å²) in [4.78, 5) is 12.1. The number of hydrogen-bond donors (Lipinski definition) is 3. The molecule has 0 fully saturated rings. The van der Waals surface area contributed by atoms with Crippen LogP contribution in [0.15, 0.2) is 12.1 Å². The number of phenols is 1. The van der Waals surface area contributed by atoms with Gasteiger partial charge in [0.2, 0.25) is 0 Å². The Bertz CT molecular complexity index is 452. The molecule has 0 aliphatic carbocycles. The van der Waals surface area contributed by atoms with Gasteiger partial charge in [-0.25, -0.2) is 0 Å². The third kappa shape index (κ3) is 5.07. The lowest BCUT2D eigenvalue weighted by Crippen LogP contribution is -2.29. The number of halogens is 2. The second-order valence-corrected chi connectivity index (χ2v) is 6.69. The molecule has 0 aliphatic rings. The number of rotatable bonds is 6. The molecule has 0 bridgehead atoms. The predicted molar refractivity (Wildman–Crippen MR) is 91.4 cm³/mol. The van der Waals surface area contributed by atoms with Crippen LogP contribution in [0.2, 0.25) is 0 Å². The molecule has 1 aromatic carbocycles. The van der Waals surface area contributed by atoms with Crippen LogP contribution < -0.4 is 5.32 Å². The molecule has 1 atom stereocenters. The van der Waals surface area contributed by atoms with E-state index in [9.17, 15) is 9.90 Å². The number of aliphatic hydroxyl groups is 1. The Morgan fingerprint density at radius 3 is 2.68 bits per heavy atom. The summed E-state index contributed by atoms with van der Waals surface area (Å²) >= 11 is 4.12. The highest BCUT2D eigenvalue weighted by Crippen LogP contribution is 2.26. The van der Waals surface area contributed by atoms with Gasteiger partial charge in [-0.05, 0) is 69.7 Å². The first-order valence-electron chi connectivity index (χ1n) is 6.06. The number of aliphatic hydroxyl groups excluding tert-OH is 1. The number of amides is 1. The smallest absolute Gasteiger partial charge is 0.255 e. The standard InChI is InChI=1S/C13H17I2NO3/c1-2-8(3-4-17)7-16-13(19)10-5-9(14)6-11(15)12(10)18/h5-6,8,17-18H,2-4,7H2,1H3,(H,16,19). The van der Waals surface area contributed by atoms with E-state index in [-0.39, 0.29) is 24.2 Å². The molecule has 0 aliphatic heterocycles. The number of aromatic hydroxyl groups is 1. The monoisotopic (exact) mass is 489 g/mol. The van der Waals surface area contributed by atoms with Gasteiger partial charge < -0.3 is 15.5 Å². The van der Waals surface area contributed by atoms with Crippen LogP contribution >= 0.6 is 45.2 Å². The van der Waals surface area contributed by atoms with E-state index in [4.69, 9.17) is 5.11 Å². The van der Waals surface area contributed by atoms with E-state index in [2.05, 4.69) is 27.9 Å². The van der Waals surface area contributed by atoms with Crippen molar-refractivity contribution in [3.63, 3.8) is 0 Å². The normalized spacial score (nSPS) is 12.2. The van der Waals surface area contributed by atoms with E-state index < -0.39 is 0 Å². The summed E-state index contributed by atoms with van der Waals surface area (Å²) in [6, 6.07) is 3.48. The molecule has 0 radical (unpaired) electrons. The van der Waals surface area contributed by atoms with E-state index in [1.165, 1.54) is 0 Å². The predicted octanol–water partition coefficient (Wildman–Crippen LogP) is 2.74. The van der Waals surface area contributed by atoms with Crippen molar-refractivity contribution in [2.75, 3.05) is 13.2 Å². The highest BCUT2D eigenvalue weighted by atomic mass is 127. The fourth-order valence-electron chi connectivity index (χ4n) is 1.70. The van der Waals surface area contributed by atoms with Crippen molar-refractivity contribution in [2.24, 2.45) is 5.92 Å². The highest BCUT2D eigenvalue weighted by Gasteiger charge is 2.16. The minimum Gasteiger partial charge on any atom is -0.506 e. The maximum Gasteiger partial charge on any atom is 0.255 e. The van der Waals surface area contributed by atoms with Crippen LogP contribution in [0, 0.1) is 13.1 Å². The molecule has 0 spiro atoms. The Labute approximate surface area is 140 Å². The van der Waals surface area contributed by atoms with Crippen molar-refractivity contribution < 1.29 is 15.0 Å². The van der Waals surface area contributed by atoms with Crippen LogP contribution in [0.5, 0.6) is 5.75 Å². The molecule has 4 nitrogen and oxygen atoms in total. The Hall–Kier alpha value is -0.0900. The van der Waals surface area contributed by atoms with Gasteiger partial charge in [0, 0.05) is 16.7 Å². The quantitative estimate of drug-likeness (QED) is 0.539. The minimum atomic E-state index is -0.273. The Balaban J connectivity index is 2.73. The fraction of sp³-hybridized carbons (Fsp3) is 0.462. The molecular weight excluding hydrogens is 472 g/mol. The van der Waals surface area contributed by atoms with Gasteiger partial charge in [0.05, 0.1) is 9.13 Å². The lowest BCUT2D eigenvalue weighted by molar-refractivity contribution is 0.0940. The van der Waals surface area contributed by atoms with Crippen LogP contribution in [0.1, 0.15) is 30.1 Å². The Morgan fingerprint density at radius 2 is 2.11 bits per heavy atom. The van der Waals surface area contributed by atoms with Crippen LogP contribution in [0.3, 0.4) is 0 Å². The van der Waals surface area contributed by atoms with Gasteiger partial charge in [0.25, 0.3) is 5.91 Å². The average molecular weight is 489 g/mol. The number of carbonyl (C=O) groups excluding carboxylic acids is 1. The van der Waals surface area contributed by atoms with Gasteiger partial charge in [-0.2, -0.15) is 0 Å². The Kier molecular flexibility index (Phi) is 7.37. The van der Waals surface area contributed by atoms with Crippen LogP contribution in [0.4, 0.5) is 0 Å². The SMILES string of the molecule is CCC(CCO)CNC(=O)c1cc(I)cc(I)c1O. The molecule has 1 aromatic rings. The zero-order valence-electron chi connectivity index (χ0n) is 10.6. The topological polar surface area (TPSA) is 69.6 Å². The van der Waals surface area contributed by atoms with Gasteiger partial charge in [0.1, 0.15) is 5.75 Å². The van der Waals surface area contributed by atoms with Gasteiger partial charge in [-0.15, -0.1) is 0 Å². The summed E-state index contributed by atoms with van der Waals surface area (Å²) in [7, 11) is 0. The van der Waals surface area contributed by atoms with Crippen molar-refractivity contribution in [2.45, 2.75) is 19.8 Å². The van der Waals surface area contributed by atoms with E-state index in [0.29, 0.717) is 22.1 Å². The van der Waals surface area contributed by atoms with Crippen LogP contribution in [-0.4, -0.2) is 29.3 Å². The summed E-state index contributed by atoms with van der Waals surface area (Å²) < 4.78 is 1.57.